The molecule has 182 valence electrons. The number of carboxylic acids is 2. The number of benzene rings is 1. The van der Waals surface area contributed by atoms with E-state index in [9.17, 15) is 14.4 Å². The van der Waals surface area contributed by atoms with Gasteiger partial charge in [0.2, 0.25) is 0 Å². The molecule has 9 heteroatoms. The molecule has 0 radical (unpaired) electrons. The van der Waals surface area contributed by atoms with Gasteiger partial charge in [-0.3, -0.25) is 9.59 Å². The Bertz CT molecular complexity index is 624. The first kappa shape index (κ1) is 29.4. The Hall–Kier alpha value is -2.65. The second-order valence-corrected chi connectivity index (χ2v) is 7.50. The highest BCUT2D eigenvalue weighted by atomic mass is 16.5. The Morgan fingerprint density at radius 3 is 1.53 bits per heavy atom. The van der Waals surface area contributed by atoms with Crippen LogP contribution in [0.2, 0.25) is 0 Å². The van der Waals surface area contributed by atoms with Crippen LogP contribution in [0.4, 0.5) is 5.69 Å². The molecule has 0 fully saturated rings. The van der Waals surface area contributed by atoms with E-state index >= 15 is 0 Å². The summed E-state index contributed by atoms with van der Waals surface area (Å²) in [5.74, 6) is -1.91. The average Bonchev–Trinajstić information content (AvgIpc) is 2.72. The van der Waals surface area contributed by atoms with Crippen LogP contribution in [-0.4, -0.2) is 51.2 Å². The van der Waals surface area contributed by atoms with E-state index in [1.807, 2.05) is 0 Å². The topological polar surface area (TPSA) is 167 Å². The molecule has 0 bridgehead atoms. The number of ether oxygens (including phenoxy) is 1. The smallest absolute Gasteiger partial charge is 0.338 e. The van der Waals surface area contributed by atoms with E-state index in [0.717, 1.165) is 38.5 Å². The zero-order valence-corrected chi connectivity index (χ0v) is 18.6. The first-order chi connectivity index (χ1) is 15.2. The lowest BCUT2D eigenvalue weighted by Gasteiger charge is -2.05. The van der Waals surface area contributed by atoms with Crippen molar-refractivity contribution in [2.75, 3.05) is 12.3 Å². The predicted octanol–water partition coefficient (Wildman–Crippen LogP) is 3.57. The lowest BCUT2D eigenvalue weighted by atomic mass is 10.1. The van der Waals surface area contributed by atoms with Crippen LogP contribution in [0.1, 0.15) is 87.4 Å². The zero-order chi connectivity index (χ0) is 24.2. The zero-order valence-electron chi connectivity index (χ0n) is 18.6. The number of anilines is 1. The van der Waals surface area contributed by atoms with Crippen molar-refractivity contribution in [3.05, 3.63) is 29.8 Å². The third kappa shape index (κ3) is 19.3. The number of unbranched alkanes of at least 4 members (excludes halogenated alkanes) is 8. The highest BCUT2D eigenvalue weighted by Gasteiger charge is 2.07. The highest BCUT2D eigenvalue weighted by molar-refractivity contribution is 5.89. The maximum absolute atomic E-state index is 11.3. The predicted molar refractivity (Wildman–Crippen MR) is 120 cm³/mol. The van der Waals surface area contributed by atoms with Gasteiger partial charge in [0.05, 0.1) is 12.2 Å². The van der Waals surface area contributed by atoms with E-state index in [1.54, 1.807) is 24.3 Å². The molecular formula is C23H37NO8. The highest BCUT2D eigenvalue weighted by Crippen LogP contribution is 2.11. The minimum absolute atomic E-state index is 0.000707. The minimum Gasteiger partial charge on any atom is -0.481 e. The molecule has 0 spiro atoms. The molecule has 0 aromatic heterocycles. The number of nitrogens with two attached hydrogens (primary N) is 1. The fourth-order valence-corrected chi connectivity index (χ4v) is 2.75. The van der Waals surface area contributed by atoms with Crippen molar-refractivity contribution in [3.8, 4) is 0 Å². The number of hydrogen-bond acceptors (Lipinski definition) is 7. The van der Waals surface area contributed by atoms with Crippen LogP contribution in [0, 0.1) is 0 Å². The van der Waals surface area contributed by atoms with E-state index in [0.29, 0.717) is 11.3 Å². The van der Waals surface area contributed by atoms with Crippen molar-refractivity contribution in [1.29, 1.82) is 0 Å². The number of aliphatic hydroxyl groups excluding tert-OH is 1. The third-order valence-corrected chi connectivity index (χ3v) is 4.54. The average molecular weight is 456 g/mol. The largest absolute Gasteiger partial charge is 0.481 e. The molecule has 0 heterocycles. The molecule has 9 nitrogen and oxygen atoms in total. The Balaban J connectivity index is 0.000000604. The molecule has 1 aromatic carbocycles. The summed E-state index contributed by atoms with van der Waals surface area (Å²) in [6.07, 6.45) is 8.44. The molecule has 6 N–H and O–H groups in total. The first-order valence-electron chi connectivity index (χ1n) is 11.0. The quantitative estimate of drug-likeness (QED) is 0.108. The maximum Gasteiger partial charge on any atom is 0.338 e. The molecule has 0 saturated carbocycles. The van der Waals surface area contributed by atoms with Crippen molar-refractivity contribution in [2.24, 2.45) is 0 Å². The molecule has 32 heavy (non-hydrogen) atoms. The molecule has 0 aliphatic rings. The van der Waals surface area contributed by atoms with E-state index in [4.69, 9.17) is 30.9 Å². The molecule has 1 rings (SSSR count). The van der Waals surface area contributed by atoms with Crippen molar-refractivity contribution in [3.63, 3.8) is 0 Å². The molecule has 0 aliphatic carbocycles. The summed E-state index contributed by atoms with van der Waals surface area (Å²) in [6, 6.07) is 6.29. The van der Waals surface area contributed by atoms with Crippen LogP contribution in [0.25, 0.3) is 0 Å². The van der Waals surface area contributed by atoms with Gasteiger partial charge in [-0.15, -0.1) is 0 Å². The number of aliphatic carboxylic acids is 2. The lowest BCUT2D eigenvalue weighted by Crippen LogP contribution is -2.12. The summed E-state index contributed by atoms with van der Waals surface area (Å²) in [7, 11) is 0. The SMILES string of the molecule is Nc1ccc(C(=O)OCCC(O)O)cc1.O=C(O)CCCCCCCCCCCC(=O)O. The van der Waals surface area contributed by atoms with Gasteiger partial charge >= 0.3 is 17.9 Å². The molecule has 0 amide bonds. The molecule has 1 aromatic rings. The van der Waals surface area contributed by atoms with Crippen molar-refractivity contribution < 1.29 is 39.5 Å². The Morgan fingerprint density at radius 1 is 0.750 bits per heavy atom. The van der Waals surface area contributed by atoms with Gasteiger partial charge in [0.15, 0.2) is 6.29 Å². The number of carboxylic acid groups (broad SMARTS) is 2. The number of nitrogen functional groups attached to an aromatic ring is 1. The summed E-state index contributed by atoms with van der Waals surface area (Å²) < 4.78 is 4.78. The molecule has 0 atom stereocenters. The number of hydrogen-bond donors (Lipinski definition) is 5. The van der Waals surface area contributed by atoms with Crippen molar-refractivity contribution in [2.45, 2.75) is 83.3 Å². The summed E-state index contributed by atoms with van der Waals surface area (Å²) in [6.45, 7) is -0.0269. The van der Waals surface area contributed by atoms with Crippen LogP contribution < -0.4 is 5.73 Å². The van der Waals surface area contributed by atoms with Gasteiger partial charge in [0.1, 0.15) is 0 Å². The standard InChI is InChI=1S/C13H24O4.C10H13NO4/c14-12(15)10-8-6-4-2-1-3-5-7-9-11-13(16)17;11-8-3-1-7(2-4-8)10(14)15-6-5-9(12)13/h1-11H2,(H,14,15)(H,16,17);1-4,9,12-13H,5-6,11H2. The number of carbonyl (C=O) groups is 3. The van der Waals surface area contributed by atoms with Crippen LogP contribution in [-0.2, 0) is 14.3 Å². The number of carbonyl (C=O) groups excluding carboxylic acids is 1. The van der Waals surface area contributed by atoms with Gasteiger partial charge in [-0.25, -0.2) is 4.79 Å². The first-order valence-corrected chi connectivity index (χ1v) is 11.0. The maximum atomic E-state index is 11.3. The Kier molecular flexibility index (Phi) is 17.5. The molecule has 0 aliphatic heterocycles. The number of rotatable bonds is 16. The van der Waals surface area contributed by atoms with Gasteiger partial charge in [0, 0.05) is 24.9 Å². The van der Waals surface area contributed by atoms with Gasteiger partial charge in [-0.2, -0.15) is 0 Å². The van der Waals surface area contributed by atoms with Gasteiger partial charge in [-0.05, 0) is 37.1 Å². The minimum atomic E-state index is -1.45. The van der Waals surface area contributed by atoms with Crippen molar-refractivity contribution in [1.82, 2.24) is 0 Å². The third-order valence-electron chi connectivity index (χ3n) is 4.54. The molecule has 0 saturated heterocycles. The van der Waals surface area contributed by atoms with Crippen LogP contribution >= 0.6 is 0 Å². The number of aliphatic hydroxyl groups is 2. The van der Waals surface area contributed by atoms with Crippen LogP contribution in [0.3, 0.4) is 0 Å². The fourth-order valence-electron chi connectivity index (χ4n) is 2.75. The van der Waals surface area contributed by atoms with Crippen LogP contribution in [0.15, 0.2) is 24.3 Å². The van der Waals surface area contributed by atoms with E-state index in [1.165, 1.54) is 19.3 Å². The second kappa shape index (κ2) is 19.1. The lowest BCUT2D eigenvalue weighted by molar-refractivity contribution is -0.138. The van der Waals surface area contributed by atoms with Crippen molar-refractivity contribution >= 4 is 23.6 Å². The molecular weight excluding hydrogens is 418 g/mol. The van der Waals surface area contributed by atoms with Gasteiger partial charge in [0.25, 0.3) is 0 Å². The Morgan fingerprint density at radius 2 is 1.16 bits per heavy atom. The normalized spacial score (nSPS) is 10.3. The van der Waals surface area contributed by atoms with E-state index < -0.39 is 24.2 Å². The summed E-state index contributed by atoms with van der Waals surface area (Å²) in [5.41, 5.74) is 6.40. The fraction of sp³-hybridized carbons (Fsp3) is 0.609. The summed E-state index contributed by atoms with van der Waals surface area (Å²) in [4.78, 5) is 31.8. The van der Waals surface area contributed by atoms with E-state index in [2.05, 4.69) is 0 Å². The van der Waals surface area contributed by atoms with Gasteiger partial charge < -0.3 is 30.9 Å². The Labute approximate surface area is 189 Å². The monoisotopic (exact) mass is 455 g/mol. The van der Waals surface area contributed by atoms with Gasteiger partial charge in [-0.1, -0.05) is 44.9 Å². The summed E-state index contributed by atoms with van der Waals surface area (Å²) >= 11 is 0. The second-order valence-electron chi connectivity index (χ2n) is 7.50. The molecule has 0 unspecified atom stereocenters. The summed E-state index contributed by atoms with van der Waals surface area (Å²) in [5, 5.41) is 33.9. The van der Waals surface area contributed by atoms with Crippen LogP contribution in [0.5, 0.6) is 0 Å². The van der Waals surface area contributed by atoms with E-state index in [-0.39, 0.29) is 25.9 Å². The number of esters is 1.